The lowest BCUT2D eigenvalue weighted by Crippen LogP contribution is -1.91. The summed E-state index contributed by atoms with van der Waals surface area (Å²) in [6.45, 7) is 4.08. The molecule has 0 aliphatic heterocycles. The molecule has 0 amide bonds. The van der Waals surface area contributed by atoms with Crippen LogP contribution in [0, 0.1) is 22.7 Å². The molecule has 2 aromatic rings. The van der Waals surface area contributed by atoms with Gasteiger partial charge >= 0.3 is 0 Å². The summed E-state index contributed by atoms with van der Waals surface area (Å²) in [5, 5.41) is 17.2. The van der Waals surface area contributed by atoms with Crippen LogP contribution in [0.4, 0.5) is 0 Å². The van der Waals surface area contributed by atoms with Gasteiger partial charge in [0.1, 0.15) is 5.69 Å². The highest BCUT2D eigenvalue weighted by Crippen LogP contribution is 2.63. The molecule has 92 valence electrons. The van der Waals surface area contributed by atoms with Crippen molar-refractivity contribution in [1.82, 2.24) is 19.9 Å². The van der Waals surface area contributed by atoms with E-state index in [0.717, 1.165) is 0 Å². The second-order valence-corrected chi connectivity index (χ2v) is 5.24. The van der Waals surface area contributed by atoms with Crippen molar-refractivity contribution in [2.75, 3.05) is 0 Å². The summed E-state index contributed by atoms with van der Waals surface area (Å²) in [5.74, 6) is 0.999. The van der Waals surface area contributed by atoms with Crippen molar-refractivity contribution in [2.45, 2.75) is 19.8 Å². The van der Waals surface area contributed by atoms with Gasteiger partial charge in [-0.25, -0.2) is 0 Å². The number of rotatable bonds is 2. The van der Waals surface area contributed by atoms with Gasteiger partial charge in [0.05, 0.1) is 17.9 Å². The largest absolute Gasteiger partial charge is 0.339 e. The van der Waals surface area contributed by atoms with Gasteiger partial charge in [0, 0.05) is 13.2 Å². The molecule has 0 radical (unpaired) electrons. The zero-order valence-electron chi connectivity index (χ0n) is 10.5. The van der Waals surface area contributed by atoms with E-state index in [2.05, 4.69) is 21.3 Å². The van der Waals surface area contributed by atoms with Crippen molar-refractivity contribution in [1.29, 1.82) is 5.26 Å². The molecule has 6 heteroatoms. The second kappa shape index (κ2) is 3.42. The fourth-order valence-corrected chi connectivity index (χ4v) is 2.34. The summed E-state index contributed by atoms with van der Waals surface area (Å²) in [5.41, 5.74) is 0.599. The van der Waals surface area contributed by atoms with E-state index in [1.807, 2.05) is 33.2 Å². The number of hydrogen-bond donors (Lipinski definition) is 0. The molecule has 0 N–H and O–H groups in total. The Hall–Kier alpha value is -2.16. The second-order valence-electron chi connectivity index (χ2n) is 5.24. The Bertz CT molecular complexity index is 633. The molecule has 2 heterocycles. The number of nitrogens with zero attached hydrogens (tertiary/aromatic N) is 5. The van der Waals surface area contributed by atoms with Gasteiger partial charge in [-0.2, -0.15) is 15.3 Å². The van der Waals surface area contributed by atoms with Crippen LogP contribution in [0.5, 0.6) is 0 Å². The Kier molecular flexibility index (Phi) is 2.08. The molecule has 1 aliphatic carbocycles. The summed E-state index contributed by atoms with van der Waals surface area (Å²) in [7, 11) is 1.83. The van der Waals surface area contributed by atoms with Crippen molar-refractivity contribution in [2.24, 2.45) is 18.4 Å². The van der Waals surface area contributed by atoms with E-state index in [4.69, 9.17) is 9.78 Å². The van der Waals surface area contributed by atoms with Crippen LogP contribution in [0.1, 0.15) is 25.7 Å². The maximum absolute atomic E-state index is 9.05. The normalized spacial score (nSPS) is 24.8. The van der Waals surface area contributed by atoms with Crippen molar-refractivity contribution >= 4 is 0 Å². The highest BCUT2D eigenvalue weighted by molar-refractivity contribution is 5.47. The minimum atomic E-state index is -0.0807. The number of nitriles is 1. The first kappa shape index (κ1) is 11.0. The zero-order valence-corrected chi connectivity index (χ0v) is 10.5. The van der Waals surface area contributed by atoms with Gasteiger partial charge in [-0.15, -0.1) is 0 Å². The van der Waals surface area contributed by atoms with Crippen LogP contribution in [0.15, 0.2) is 16.8 Å². The van der Waals surface area contributed by atoms with E-state index >= 15 is 0 Å². The lowest BCUT2D eigenvalue weighted by Gasteiger charge is -1.95. The minimum Gasteiger partial charge on any atom is -0.339 e. The summed E-state index contributed by atoms with van der Waals surface area (Å²) in [6.07, 6.45) is 1.82. The fourth-order valence-electron chi connectivity index (χ4n) is 2.34. The summed E-state index contributed by atoms with van der Waals surface area (Å²) >= 11 is 0. The molecule has 2 aromatic heterocycles. The Morgan fingerprint density at radius 2 is 2.28 bits per heavy atom. The smallest absolute Gasteiger partial charge is 0.232 e. The Labute approximate surface area is 104 Å². The van der Waals surface area contributed by atoms with Gasteiger partial charge in [-0.3, -0.25) is 4.68 Å². The topological polar surface area (TPSA) is 80.5 Å². The van der Waals surface area contributed by atoms with Crippen molar-refractivity contribution in [3.05, 3.63) is 18.2 Å². The van der Waals surface area contributed by atoms with Crippen molar-refractivity contribution in [3.63, 3.8) is 0 Å². The van der Waals surface area contributed by atoms with E-state index in [1.165, 1.54) is 0 Å². The molecular weight excluding hydrogens is 230 g/mol. The number of aromatic nitrogens is 4. The van der Waals surface area contributed by atoms with Crippen LogP contribution in [-0.2, 0) is 7.05 Å². The van der Waals surface area contributed by atoms with E-state index < -0.39 is 0 Å². The van der Waals surface area contributed by atoms with Crippen LogP contribution in [0.25, 0.3) is 11.5 Å². The van der Waals surface area contributed by atoms with Crippen LogP contribution in [0.2, 0.25) is 0 Å². The maximum atomic E-state index is 9.05. The maximum Gasteiger partial charge on any atom is 0.232 e. The predicted molar refractivity (Wildman–Crippen MR) is 62.1 cm³/mol. The highest BCUT2D eigenvalue weighted by Gasteiger charge is 2.62. The monoisotopic (exact) mass is 243 g/mol. The molecule has 0 spiro atoms. The average Bonchev–Trinajstić information content (AvgIpc) is 2.77. The van der Waals surface area contributed by atoms with Gasteiger partial charge in [0.15, 0.2) is 0 Å². The van der Waals surface area contributed by atoms with E-state index in [0.29, 0.717) is 17.4 Å². The fraction of sp³-hybridized carbons (Fsp3) is 0.500. The van der Waals surface area contributed by atoms with E-state index in [-0.39, 0.29) is 17.3 Å². The predicted octanol–water partition coefficient (Wildman–Crippen LogP) is 1.73. The molecule has 0 aromatic carbocycles. The lowest BCUT2D eigenvalue weighted by atomic mass is 10.1. The first-order chi connectivity index (χ1) is 8.54. The third-order valence-corrected chi connectivity index (χ3v) is 3.62. The molecule has 1 aliphatic rings. The van der Waals surface area contributed by atoms with Crippen molar-refractivity contribution < 1.29 is 4.52 Å². The highest BCUT2D eigenvalue weighted by atomic mass is 16.5. The lowest BCUT2D eigenvalue weighted by molar-refractivity contribution is 0.368. The Balaban J connectivity index is 1.90. The van der Waals surface area contributed by atoms with Crippen molar-refractivity contribution in [3.8, 4) is 17.6 Å². The molecule has 6 nitrogen and oxygen atoms in total. The van der Waals surface area contributed by atoms with Gasteiger partial charge in [0.25, 0.3) is 0 Å². The van der Waals surface area contributed by atoms with Gasteiger partial charge in [-0.05, 0) is 11.5 Å². The number of aryl methyl sites for hydroxylation is 1. The Morgan fingerprint density at radius 3 is 2.83 bits per heavy atom. The summed E-state index contributed by atoms with van der Waals surface area (Å²) < 4.78 is 6.94. The third-order valence-electron chi connectivity index (χ3n) is 3.62. The van der Waals surface area contributed by atoms with Crippen LogP contribution in [0.3, 0.4) is 0 Å². The van der Waals surface area contributed by atoms with Gasteiger partial charge in [-0.1, -0.05) is 19.0 Å². The van der Waals surface area contributed by atoms with Crippen LogP contribution < -0.4 is 0 Å². The zero-order chi connectivity index (χ0) is 12.9. The first-order valence-corrected chi connectivity index (χ1v) is 5.77. The van der Waals surface area contributed by atoms with E-state index in [9.17, 15) is 0 Å². The van der Waals surface area contributed by atoms with Gasteiger partial charge < -0.3 is 4.52 Å². The minimum absolute atomic E-state index is 0.0347. The average molecular weight is 243 g/mol. The Morgan fingerprint density at radius 1 is 1.50 bits per heavy atom. The third kappa shape index (κ3) is 1.44. The molecule has 2 atom stereocenters. The molecule has 1 saturated carbocycles. The summed E-state index contributed by atoms with van der Waals surface area (Å²) in [6, 6.07) is 4.11. The molecule has 0 saturated heterocycles. The molecule has 3 rings (SSSR count). The van der Waals surface area contributed by atoms with E-state index in [1.54, 1.807) is 4.68 Å². The van der Waals surface area contributed by atoms with Crippen LogP contribution in [-0.4, -0.2) is 19.9 Å². The quantitative estimate of drug-likeness (QED) is 0.802. The SMILES string of the molecule is Cn1ccc(-c2noc(C3C(C#N)C3(C)C)n2)n1. The molecule has 1 fully saturated rings. The number of hydrogen-bond acceptors (Lipinski definition) is 5. The first-order valence-electron chi connectivity index (χ1n) is 5.77. The molecule has 18 heavy (non-hydrogen) atoms. The standard InChI is InChI=1S/C12H13N5O/c1-12(2)7(6-13)9(12)11-14-10(16-18-11)8-4-5-17(3)15-8/h4-5,7,9H,1-3H3. The molecule has 0 bridgehead atoms. The van der Waals surface area contributed by atoms with Crippen LogP contribution >= 0.6 is 0 Å². The molecular formula is C12H13N5O. The summed E-state index contributed by atoms with van der Waals surface area (Å²) in [4.78, 5) is 4.34. The van der Waals surface area contributed by atoms with Gasteiger partial charge in [0.2, 0.25) is 11.7 Å². The molecule has 2 unspecified atom stereocenters.